The van der Waals surface area contributed by atoms with E-state index in [-0.39, 0.29) is 42.4 Å². The maximum absolute atomic E-state index is 6.21. The van der Waals surface area contributed by atoms with Crippen LogP contribution in [0.3, 0.4) is 0 Å². The van der Waals surface area contributed by atoms with Crippen LogP contribution in [0.2, 0.25) is 5.02 Å². The molecule has 0 aromatic heterocycles. The third kappa shape index (κ3) is 3.49. The average molecular weight is 597 g/mol. The molecule has 0 nitrogen and oxygen atoms in total. The molecule has 6 rings (SSSR count). The molecule has 0 fully saturated rings. The summed E-state index contributed by atoms with van der Waals surface area (Å²) in [6, 6.07) is 15.3. The van der Waals surface area contributed by atoms with Gasteiger partial charge in [0.05, 0.1) is 0 Å². The van der Waals surface area contributed by atoms with Crippen molar-refractivity contribution in [2.75, 3.05) is 0 Å². The SMILES string of the molecule is C1=CC2[I-]c3ccccc3C2C=C1.Clc1cccc2c1[I-]C1C=CC=CC21. The Morgan fingerprint density at radius 2 is 1.26 bits per heavy atom. The molecule has 0 saturated heterocycles. The Morgan fingerprint density at radius 1 is 0.630 bits per heavy atom. The quantitative estimate of drug-likeness (QED) is 0.290. The molecule has 0 N–H and O–H groups in total. The fourth-order valence-corrected chi connectivity index (χ4v) is 11.5. The van der Waals surface area contributed by atoms with E-state index in [0.29, 0.717) is 11.8 Å². The molecule has 2 aromatic carbocycles. The molecule has 0 radical (unpaired) electrons. The molecule has 4 unspecified atom stereocenters. The fourth-order valence-electron chi connectivity index (χ4n) is 3.92. The van der Waals surface area contributed by atoms with Gasteiger partial charge in [0.1, 0.15) is 0 Å². The Morgan fingerprint density at radius 3 is 2.07 bits per heavy atom. The molecule has 0 saturated carbocycles. The standard InChI is InChI=1S/C12H9ClI.C12H10I/c13-10-6-3-5-9-8-4-1-2-7-11(8)14-12(9)10;1-3-7-11-9(5-1)10-6-2-4-8-12(10)13-11/h1-8,11H;1-9,11H/q2*-1. The minimum absolute atomic E-state index is 0.0695. The number of hydrogen-bond donors (Lipinski definition) is 0. The summed E-state index contributed by atoms with van der Waals surface area (Å²) < 4.78 is 4.68. The van der Waals surface area contributed by atoms with Crippen LogP contribution in [0, 0.1) is 7.14 Å². The van der Waals surface area contributed by atoms with Gasteiger partial charge in [-0.1, -0.05) is 0 Å². The molecule has 2 aromatic rings. The van der Waals surface area contributed by atoms with Gasteiger partial charge in [-0.15, -0.1) is 0 Å². The second kappa shape index (κ2) is 7.88. The second-order valence-corrected chi connectivity index (χ2v) is 13.6. The first-order valence-corrected chi connectivity index (χ1v) is 14.2. The maximum atomic E-state index is 6.21. The van der Waals surface area contributed by atoms with Crippen LogP contribution in [-0.4, -0.2) is 7.85 Å². The van der Waals surface area contributed by atoms with Gasteiger partial charge in [-0.2, -0.15) is 0 Å². The van der Waals surface area contributed by atoms with Crippen molar-refractivity contribution in [3.8, 4) is 0 Å². The summed E-state index contributed by atoms with van der Waals surface area (Å²) in [6.07, 6.45) is 18.1. The van der Waals surface area contributed by atoms with Crippen molar-refractivity contribution in [2.45, 2.75) is 19.7 Å². The summed E-state index contributed by atoms with van der Waals surface area (Å²) >= 11 is 6.51. The van der Waals surface area contributed by atoms with Crippen molar-refractivity contribution < 1.29 is 42.4 Å². The van der Waals surface area contributed by atoms with Gasteiger partial charge >= 0.3 is 188 Å². The van der Waals surface area contributed by atoms with E-state index in [9.17, 15) is 0 Å². The topological polar surface area (TPSA) is 0 Å². The van der Waals surface area contributed by atoms with Crippen molar-refractivity contribution in [3.63, 3.8) is 0 Å². The average Bonchev–Trinajstić information content (AvgIpc) is 3.28. The van der Waals surface area contributed by atoms with E-state index >= 15 is 0 Å². The second-order valence-electron chi connectivity index (χ2n) is 6.86. The van der Waals surface area contributed by atoms with Crippen molar-refractivity contribution >= 4 is 11.6 Å². The van der Waals surface area contributed by atoms with Crippen LogP contribution in [0.5, 0.6) is 0 Å². The van der Waals surface area contributed by atoms with Crippen LogP contribution in [0.15, 0.2) is 91.1 Å². The zero-order chi connectivity index (χ0) is 18.2. The van der Waals surface area contributed by atoms with Crippen LogP contribution in [0.1, 0.15) is 23.0 Å². The number of allylic oxidation sites excluding steroid dienone is 8. The zero-order valence-corrected chi connectivity index (χ0v) is 19.7. The van der Waals surface area contributed by atoms with E-state index in [0.717, 1.165) is 12.9 Å². The summed E-state index contributed by atoms with van der Waals surface area (Å²) in [5.41, 5.74) is 3.05. The van der Waals surface area contributed by atoms with Gasteiger partial charge in [0, 0.05) is 0 Å². The molecule has 4 atom stereocenters. The Kier molecular flexibility index (Phi) is 5.31. The summed E-state index contributed by atoms with van der Waals surface area (Å²) in [4.78, 5) is 0. The van der Waals surface area contributed by atoms with Gasteiger partial charge in [0.2, 0.25) is 0 Å². The predicted molar refractivity (Wildman–Crippen MR) is 105 cm³/mol. The molecule has 0 bridgehead atoms. The third-order valence-corrected chi connectivity index (χ3v) is 13.2. The van der Waals surface area contributed by atoms with Gasteiger partial charge < -0.3 is 0 Å². The first kappa shape index (κ1) is 18.2. The predicted octanol–water partition coefficient (Wildman–Crippen LogP) is -0.273. The summed E-state index contributed by atoms with van der Waals surface area (Å²) in [5, 5.41) is 0.978. The van der Waals surface area contributed by atoms with E-state index in [1.807, 2.05) is 6.07 Å². The molecule has 0 amide bonds. The minimum atomic E-state index is 0.0695. The molecule has 0 spiro atoms. The van der Waals surface area contributed by atoms with Crippen LogP contribution in [-0.2, 0) is 0 Å². The first-order valence-electron chi connectivity index (χ1n) is 9.15. The number of alkyl halides is 2. The number of fused-ring (bicyclic) bond motifs is 6. The molecular formula is C24H19ClI2-2. The van der Waals surface area contributed by atoms with E-state index < -0.39 is 0 Å². The van der Waals surface area contributed by atoms with Crippen LogP contribution in [0.25, 0.3) is 0 Å². The summed E-state index contributed by atoms with van der Waals surface area (Å²) in [5.74, 6) is 1.32. The van der Waals surface area contributed by atoms with Crippen molar-refractivity contribution in [1.82, 2.24) is 0 Å². The monoisotopic (exact) mass is 596 g/mol. The van der Waals surface area contributed by atoms with Crippen molar-refractivity contribution in [3.05, 3.63) is 114 Å². The fraction of sp³-hybridized carbons (Fsp3) is 0.167. The number of halogens is 3. The number of hydrogen-bond acceptors (Lipinski definition) is 0. The van der Waals surface area contributed by atoms with Gasteiger partial charge in [0.25, 0.3) is 0 Å². The molecule has 3 heteroatoms. The summed E-state index contributed by atoms with van der Waals surface area (Å²) in [6.45, 7) is 0. The normalized spacial score (nSPS) is 28.6. The van der Waals surface area contributed by atoms with Gasteiger partial charge in [-0.25, -0.2) is 0 Å². The number of benzene rings is 2. The van der Waals surface area contributed by atoms with E-state index in [1.165, 1.54) is 9.13 Å². The van der Waals surface area contributed by atoms with Gasteiger partial charge in [0.15, 0.2) is 0 Å². The third-order valence-electron chi connectivity index (χ3n) is 5.22. The molecule has 4 aliphatic rings. The molecule has 2 aliphatic carbocycles. The Hall–Kier alpha value is -0.850. The molecule has 2 aliphatic heterocycles. The molecule has 2 heterocycles. The zero-order valence-electron chi connectivity index (χ0n) is 14.6. The van der Waals surface area contributed by atoms with Crippen LogP contribution < -0.4 is 42.4 Å². The van der Waals surface area contributed by atoms with E-state index in [1.54, 1.807) is 9.13 Å². The van der Waals surface area contributed by atoms with E-state index in [4.69, 9.17) is 11.6 Å². The molecule has 27 heavy (non-hydrogen) atoms. The van der Waals surface area contributed by atoms with Crippen LogP contribution in [0.4, 0.5) is 0 Å². The number of rotatable bonds is 0. The summed E-state index contributed by atoms with van der Waals surface area (Å²) in [7, 11) is 0. The molecular weight excluding hydrogens is 578 g/mol. The Bertz CT molecular complexity index is 986. The Labute approximate surface area is 186 Å². The van der Waals surface area contributed by atoms with E-state index in [2.05, 4.69) is 85.0 Å². The van der Waals surface area contributed by atoms with Crippen molar-refractivity contribution in [1.29, 1.82) is 0 Å². The Balaban J connectivity index is 0.000000119. The van der Waals surface area contributed by atoms with Crippen molar-refractivity contribution in [2.24, 2.45) is 0 Å². The first-order chi connectivity index (χ1) is 13.3. The van der Waals surface area contributed by atoms with Gasteiger partial charge in [-0.3, -0.25) is 0 Å². The molecule has 138 valence electrons. The van der Waals surface area contributed by atoms with Gasteiger partial charge in [-0.05, 0) is 0 Å². The van der Waals surface area contributed by atoms with Crippen LogP contribution >= 0.6 is 11.6 Å².